The third-order valence-electron chi connectivity index (χ3n) is 15.0. The predicted molar refractivity (Wildman–Crippen MR) is 199 cm³/mol. The second kappa shape index (κ2) is 15.4. The molecule has 4 saturated carbocycles. The van der Waals surface area contributed by atoms with Crippen LogP contribution in [0.4, 0.5) is 5.95 Å². The number of sulfonamides is 1. The van der Waals surface area contributed by atoms with Crippen molar-refractivity contribution in [3.8, 4) is 0 Å². The minimum atomic E-state index is -3.92. The largest absolute Gasteiger partial charge is 0.286 e. The van der Waals surface area contributed by atoms with Gasteiger partial charge in [-0.05, 0) is 116 Å². The van der Waals surface area contributed by atoms with Crippen molar-refractivity contribution in [2.45, 2.75) is 151 Å². The summed E-state index contributed by atoms with van der Waals surface area (Å²) in [6.07, 6.45) is 18.3. The van der Waals surface area contributed by atoms with Gasteiger partial charge in [-0.3, -0.25) is 47.3 Å². The fourth-order valence-corrected chi connectivity index (χ4v) is 15.0. The molecular formula is C35H56Cl2CuN12O2S. The molecule has 1 aromatic heterocycles. The van der Waals surface area contributed by atoms with Crippen LogP contribution in [-0.2, 0) is 27.1 Å². The Morgan fingerprint density at radius 1 is 0.453 bits per heavy atom. The Hall–Kier alpha value is -0.461. The Bertz CT molecular complexity index is 1580. The second-order valence-electron chi connectivity index (χ2n) is 17.5. The molecule has 5 aliphatic heterocycles. The van der Waals surface area contributed by atoms with Crippen LogP contribution >= 0.6 is 23.2 Å². The predicted octanol–water partition coefficient (Wildman–Crippen LogP) is 2.52. The van der Waals surface area contributed by atoms with Crippen molar-refractivity contribution in [2.24, 2.45) is 47.3 Å². The zero-order valence-corrected chi connectivity index (χ0v) is 33.3. The van der Waals surface area contributed by atoms with Crippen LogP contribution in [0.3, 0.4) is 0 Å². The van der Waals surface area contributed by atoms with E-state index in [1.165, 1.54) is 77.0 Å². The molecule has 17 unspecified atom stereocenters. The van der Waals surface area contributed by atoms with Crippen molar-refractivity contribution in [3.05, 3.63) is 10.6 Å². The Balaban J connectivity index is 0.00000372. The smallest absolute Gasteiger partial charge is 0.242 e. The van der Waals surface area contributed by atoms with Crippen molar-refractivity contribution >= 4 is 39.2 Å². The summed E-state index contributed by atoms with van der Waals surface area (Å²) in [5.41, 5.74) is 0. The summed E-state index contributed by atoms with van der Waals surface area (Å²) < 4.78 is 31.4. The van der Waals surface area contributed by atoms with Gasteiger partial charge in [0.05, 0.1) is 54.6 Å². The fourth-order valence-electron chi connectivity index (χ4n) is 12.9. The molecule has 9 N–H and O–H groups in total. The van der Waals surface area contributed by atoms with Gasteiger partial charge in [-0.1, -0.05) is 44.9 Å². The standard InChI is InChI=1S/C35H56Cl2N12O2S.Cu/c36-33-46-34(37)48-35(47-33)49-52(50,51)23-15-7-14-22-24(23)32-44-30-21-13-6-5-12-20(21)28(42-30)40-26-17-9-2-1-8-16(17)25(38-26)39-27-18-10-3-4-11-19(18)29(41-27)43-31(22)45-32;/h16-32,38-45H,1-15H2,(H,46,47,48,49);. The number of hydrogen-bond donors (Lipinski definition) is 9. The van der Waals surface area contributed by atoms with Gasteiger partial charge in [0.1, 0.15) is 0 Å². The number of aromatic nitrogens is 3. The number of rotatable bonds is 3. The van der Waals surface area contributed by atoms with Crippen molar-refractivity contribution in [3.63, 3.8) is 0 Å². The van der Waals surface area contributed by atoms with Gasteiger partial charge in [0, 0.05) is 23.0 Å². The first-order chi connectivity index (χ1) is 25.3. The van der Waals surface area contributed by atoms with Crippen LogP contribution in [0.5, 0.6) is 0 Å². The molecule has 9 aliphatic rings. The molecule has 17 atom stereocenters. The average Bonchev–Trinajstić information content (AvgIpc) is 3.87. The van der Waals surface area contributed by atoms with E-state index >= 15 is 0 Å². The maximum atomic E-state index is 14.4. The quantitative estimate of drug-likeness (QED) is 0.203. The summed E-state index contributed by atoms with van der Waals surface area (Å²) in [6.45, 7) is 0. The zero-order valence-electron chi connectivity index (χ0n) is 30.0. The second-order valence-corrected chi connectivity index (χ2v) is 20.1. The summed E-state index contributed by atoms with van der Waals surface area (Å²) in [5.74, 6) is 3.12. The molecule has 6 heterocycles. The van der Waals surface area contributed by atoms with Gasteiger partial charge in [0.2, 0.25) is 26.5 Å². The maximum absolute atomic E-state index is 14.4. The molecule has 0 aromatic carbocycles. The molecule has 299 valence electrons. The third-order valence-corrected chi connectivity index (χ3v) is 17.2. The van der Waals surface area contributed by atoms with Gasteiger partial charge < -0.3 is 0 Å². The van der Waals surface area contributed by atoms with E-state index in [1.54, 1.807) is 0 Å². The Labute approximate surface area is 334 Å². The van der Waals surface area contributed by atoms with E-state index in [9.17, 15) is 8.42 Å². The molecule has 18 heteroatoms. The zero-order chi connectivity index (χ0) is 35.1. The van der Waals surface area contributed by atoms with Crippen molar-refractivity contribution in [1.82, 2.24) is 57.5 Å². The van der Waals surface area contributed by atoms with Gasteiger partial charge >= 0.3 is 0 Å². The molecule has 9 fully saturated rings. The minimum Gasteiger partial charge on any atom is -0.286 e. The number of nitrogens with one attached hydrogen (secondary N) is 9. The van der Waals surface area contributed by atoms with E-state index in [-0.39, 0.29) is 94.7 Å². The van der Waals surface area contributed by atoms with Crippen LogP contribution in [0, 0.1) is 47.3 Å². The van der Waals surface area contributed by atoms with Crippen LogP contribution in [0.25, 0.3) is 0 Å². The molecule has 1 aromatic rings. The first kappa shape index (κ1) is 38.1. The summed E-state index contributed by atoms with van der Waals surface area (Å²) in [7, 11) is -3.92. The molecule has 53 heavy (non-hydrogen) atoms. The fraction of sp³-hybridized carbons (Fsp3) is 0.914. The molecular weight excluding hydrogens is 787 g/mol. The molecule has 5 saturated heterocycles. The normalized spacial score (nSPS) is 47.8. The van der Waals surface area contributed by atoms with Gasteiger partial charge in [0.15, 0.2) is 0 Å². The first-order valence-corrected chi connectivity index (χ1v) is 22.8. The van der Waals surface area contributed by atoms with Crippen LogP contribution in [0.15, 0.2) is 0 Å². The average molecular weight is 843 g/mol. The molecule has 8 bridgehead atoms. The summed E-state index contributed by atoms with van der Waals surface area (Å²) in [4.78, 5) is 11.9. The van der Waals surface area contributed by atoms with Crippen LogP contribution in [-0.4, -0.2) is 77.9 Å². The molecule has 4 aliphatic carbocycles. The maximum Gasteiger partial charge on any atom is 0.242 e. The van der Waals surface area contributed by atoms with Crippen LogP contribution in [0.2, 0.25) is 10.6 Å². The SMILES string of the molecule is O=S(=O)(Nc1nc(Cl)nc(Cl)n1)C1CCCC2C3NC4NC(NC5NC(NC6NC(NC(N3)C21)C1CCCCC61)C1CCCCC51)C1CCCCC41.[Cu]. The first-order valence-electron chi connectivity index (χ1n) is 20.5. The number of fused-ring (bicyclic) bond motifs is 20. The number of anilines is 1. The van der Waals surface area contributed by atoms with Crippen molar-refractivity contribution < 1.29 is 25.5 Å². The van der Waals surface area contributed by atoms with Crippen LogP contribution in [0.1, 0.15) is 96.3 Å². The summed E-state index contributed by atoms with van der Waals surface area (Å²) in [6, 6.07) is 0. The molecule has 0 amide bonds. The Morgan fingerprint density at radius 2 is 0.774 bits per heavy atom. The molecule has 0 spiro atoms. The van der Waals surface area contributed by atoms with Crippen molar-refractivity contribution in [1.29, 1.82) is 0 Å². The number of nitrogens with zero attached hydrogens (tertiary/aromatic N) is 3. The molecule has 14 nitrogen and oxygen atoms in total. The number of hydrogen-bond acceptors (Lipinski definition) is 13. The van der Waals surface area contributed by atoms with Crippen LogP contribution < -0.4 is 47.3 Å². The Morgan fingerprint density at radius 3 is 1.15 bits per heavy atom. The van der Waals surface area contributed by atoms with E-state index in [2.05, 4.69) is 62.2 Å². The van der Waals surface area contributed by atoms with E-state index in [0.29, 0.717) is 41.9 Å². The topological polar surface area (TPSA) is 181 Å². The van der Waals surface area contributed by atoms with Gasteiger partial charge in [-0.25, -0.2) is 8.42 Å². The summed E-state index contributed by atoms with van der Waals surface area (Å²) in [5, 5.41) is 31.9. The van der Waals surface area contributed by atoms with Crippen molar-refractivity contribution in [2.75, 3.05) is 4.72 Å². The molecule has 10 rings (SSSR count). The minimum absolute atomic E-state index is 0. The van der Waals surface area contributed by atoms with Gasteiger partial charge in [-0.2, -0.15) is 15.0 Å². The summed E-state index contributed by atoms with van der Waals surface area (Å²) >= 11 is 12.1. The van der Waals surface area contributed by atoms with E-state index in [4.69, 9.17) is 23.2 Å². The third kappa shape index (κ3) is 7.09. The number of halogens is 2. The Kier molecular flexibility index (Phi) is 11.0. The monoisotopic (exact) mass is 841 g/mol. The van der Waals surface area contributed by atoms with E-state index in [1.807, 2.05) is 0 Å². The van der Waals surface area contributed by atoms with E-state index < -0.39 is 15.3 Å². The van der Waals surface area contributed by atoms with Gasteiger partial charge in [-0.15, -0.1) is 0 Å². The van der Waals surface area contributed by atoms with Gasteiger partial charge in [0.25, 0.3) is 0 Å². The molecule has 1 radical (unpaired) electrons. The van der Waals surface area contributed by atoms with E-state index in [0.717, 1.165) is 12.8 Å².